The number of benzene rings is 1. The summed E-state index contributed by atoms with van der Waals surface area (Å²) in [4.78, 5) is 37.7. The quantitative estimate of drug-likeness (QED) is 0.207. The van der Waals surface area contributed by atoms with Gasteiger partial charge in [0.2, 0.25) is 5.91 Å². The van der Waals surface area contributed by atoms with Crippen LogP contribution in [-0.2, 0) is 14.4 Å². The number of amides is 1. The number of unbranched alkanes of at least 4 members (excludes halogenated alkanes) is 10. The lowest BCUT2D eigenvalue weighted by molar-refractivity contribution is -0.136. The molecular formula is C26H40BrNO4S. The molecule has 1 N–H and O–H groups in total. The van der Waals surface area contributed by atoms with Crippen LogP contribution in [0.3, 0.4) is 0 Å². The fourth-order valence-electron chi connectivity index (χ4n) is 3.88. The summed E-state index contributed by atoms with van der Waals surface area (Å²) in [6, 6.07) is 3.72. The Kier molecular flexibility index (Phi) is 15.4. The summed E-state index contributed by atoms with van der Waals surface area (Å²) in [5.74, 6) is -1.49. The van der Waals surface area contributed by atoms with E-state index >= 15 is 0 Å². The monoisotopic (exact) mass is 541 g/mol. The average Bonchev–Trinajstić information content (AvgIpc) is 2.77. The van der Waals surface area contributed by atoms with Crippen molar-refractivity contribution in [2.75, 3.05) is 17.2 Å². The summed E-state index contributed by atoms with van der Waals surface area (Å²) in [6.45, 7) is 5.51. The van der Waals surface area contributed by atoms with Crippen LogP contribution in [0.4, 0.5) is 5.69 Å². The number of anilines is 1. The van der Waals surface area contributed by atoms with Crippen LogP contribution in [0.2, 0.25) is 0 Å². The first-order chi connectivity index (χ1) is 15.8. The van der Waals surface area contributed by atoms with Crippen LogP contribution in [0.5, 0.6) is 0 Å². The second-order valence-electron chi connectivity index (χ2n) is 8.66. The highest BCUT2D eigenvalue weighted by Gasteiger charge is 2.23. The van der Waals surface area contributed by atoms with Crippen LogP contribution >= 0.6 is 27.7 Å². The van der Waals surface area contributed by atoms with Gasteiger partial charge in [0.1, 0.15) is 6.54 Å². The lowest BCUT2D eigenvalue weighted by atomic mass is 10.1. The minimum Gasteiger partial charge on any atom is -0.480 e. The van der Waals surface area contributed by atoms with Gasteiger partial charge < -0.3 is 5.11 Å². The molecule has 0 fully saturated rings. The van der Waals surface area contributed by atoms with Crippen molar-refractivity contribution in [3.63, 3.8) is 0 Å². The Morgan fingerprint density at radius 3 is 2.00 bits per heavy atom. The second-order valence-corrected chi connectivity index (χ2v) is 10.5. The summed E-state index contributed by atoms with van der Waals surface area (Å²) >= 11 is 4.45. The molecule has 186 valence electrons. The van der Waals surface area contributed by atoms with Gasteiger partial charge in [0.25, 0.3) is 0 Å². The number of rotatable bonds is 17. The molecule has 1 aromatic carbocycles. The molecular weight excluding hydrogens is 502 g/mol. The molecule has 5 nitrogen and oxygen atoms in total. The molecule has 0 saturated heterocycles. The van der Waals surface area contributed by atoms with E-state index < -0.39 is 12.5 Å². The molecule has 0 aromatic heterocycles. The zero-order valence-electron chi connectivity index (χ0n) is 20.5. The van der Waals surface area contributed by atoms with Crippen molar-refractivity contribution < 1.29 is 19.5 Å². The molecule has 0 aliphatic carbocycles. The number of hydrogen-bond acceptors (Lipinski definition) is 4. The minimum atomic E-state index is -1.08. The number of aryl methyl sites for hydroxylation is 1. The lowest BCUT2D eigenvalue weighted by Crippen LogP contribution is -2.38. The van der Waals surface area contributed by atoms with Crippen LogP contribution in [0.15, 0.2) is 16.6 Å². The zero-order chi connectivity index (χ0) is 24.6. The zero-order valence-corrected chi connectivity index (χ0v) is 22.9. The Bertz CT molecular complexity index is 769. The second kappa shape index (κ2) is 17.1. The fraction of sp³-hybridized carbons (Fsp3) is 0.654. The van der Waals surface area contributed by atoms with Crippen LogP contribution in [0.25, 0.3) is 0 Å². The van der Waals surface area contributed by atoms with Crippen molar-refractivity contribution in [3.8, 4) is 0 Å². The normalized spacial score (nSPS) is 10.9. The van der Waals surface area contributed by atoms with E-state index in [0.29, 0.717) is 12.1 Å². The number of carboxylic acids is 1. The molecule has 1 aromatic rings. The Labute approximate surface area is 212 Å². The van der Waals surface area contributed by atoms with E-state index in [2.05, 4.69) is 22.9 Å². The topological polar surface area (TPSA) is 74.7 Å². The predicted octanol–water partition coefficient (Wildman–Crippen LogP) is 7.44. The SMILES string of the molecule is CCCCCCCCCCCCCC(=O)SCC(=O)N(CC(=O)O)c1c(C)ccc(Br)c1C. The van der Waals surface area contributed by atoms with Gasteiger partial charge in [-0.3, -0.25) is 19.3 Å². The summed E-state index contributed by atoms with van der Waals surface area (Å²) in [5, 5.41) is 9.31. The van der Waals surface area contributed by atoms with Gasteiger partial charge >= 0.3 is 5.97 Å². The number of carbonyl (C=O) groups is 3. The summed E-state index contributed by atoms with van der Waals surface area (Å²) in [7, 11) is 0. The van der Waals surface area contributed by atoms with Crippen LogP contribution in [-0.4, -0.2) is 34.4 Å². The van der Waals surface area contributed by atoms with E-state index in [9.17, 15) is 19.5 Å². The first-order valence-electron chi connectivity index (χ1n) is 12.2. The third-order valence-electron chi connectivity index (χ3n) is 5.77. The molecule has 0 unspecified atom stereocenters. The van der Waals surface area contributed by atoms with Gasteiger partial charge in [-0.1, -0.05) is 105 Å². The van der Waals surface area contributed by atoms with E-state index in [-0.39, 0.29) is 16.8 Å². The van der Waals surface area contributed by atoms with E-state index in [4.69, 9.17) is 0 Å². The van der Waals surface area contributed by atoms with Crippen LogP contribution < -0.4 is 4.90 Å². The van der Waals surface area contributed by atoms with E-state index in [1.807, 2.05) is 26.0 Å². The third kappa shape index (κ3) is 12.1. The van der Waals surface area contributed by atoms with Gasteiger partial charge in [-0.05, 0) is 37.5 Å². The third-order valence-corrected chi connectivity index (χ3v) is 7.55. The maximum atomic E-state index is 12.8. The summed E-state index contributed by atoms with van der Waals surface area (Å²) in [5.41, 5.74) is 2.22. The summed E-state index contributed by atoms with van der Waals surface area (Å²) in [6.07, 6.45) is 14.0. The lowest BCUT2D eigenvalue weighted by Gasteiger charge is -2.25. The number of carbonyl (C=O) groups excluding carboxylic acids is 2. The van der Waals surface area contributed by atoms with Crippen LogP contribution in [0, 0.1) is 13.8 Å². The number of hydrogen-bond donors (Lipinski definition) is 1. The van der Waals surface area contributed by atoms with Crippen molar-refractivity contribution in [2.45, 2.75) is 97.8 Å². The van der Waals surface area contributed by atoms with Crippen molar-refractivity contribution in [2.24, 2.45) is 0 Å². The molecule has 0 aliphatic heterocycles. The van der Waals surface area contributed by atoms with Crippen molar-refractivity contribution >= 4 is 50.4 Å². The number of aliphatic carboxylic acids is 1. The highest BCUT2D eigenvalue weighted by Crippen LogP contribution is 2.31. The molecule has 0 aliphatic rings. The molecule has 0 spiro atoms. The highest BCUT2D eigenvalue weighted by molar-refractivity contribution is 9.10. The molecule has 33 heavy (non-hydrogen) atoms. The Hall–Kier alpha value is -1.34. The van der Waals surface area contributed by atoms with Crippen molar-refractivity contribution in [1.29, 1.82) is 0 Å². The Balaban J connectivity index is 2.36. The van der Waals surface area contributed by atoms with Crippen LogP contribution in [0.1, 0.15) is 95.1 Å². The molecule has 1 amide bonds. The highest BCUT2D eigenvalue weighted by atomic mass is 79.9. The number of carboxylic acid groups (broad SMARTS) is 1. The molecule has 0 saturated carbocycles. The smallest absolute Gasteiger partial charge is 0.323 e. The van der Waals surface area contributed by atoms with Crippen molar-refractivity contribution in [3.05, 3.63) is 27.7 Å². The Morgan fingerprint density at radius 2 is 1.45 bits per heavy atom. The maximum absolute atomic E-state index is 12.8. The first kappa shape index (κ1) is 29.7. The standard InChI is InChI=1S/C26H40BrNO4S/c1-4-5-6-7-8-9-10-11-12-13-14-15-25(32)33-19-23(29)28(18-24(30)31)26-20(2)16-17-22(27)21(26)3/h16-17H,4-15,18-19H2,1-3H3,(H,30,31). The van der Waals surface area contributed by atoms with Gasteiger partial charge in [0.15, 0.2) is 5.12 Å². The predicted molar refractivity (Wildman–Crippen MR) is 142 cm³/mol. The molecule has 0 radical (unpaired) electrons. The fourth-order valence-corrected chi connectivity index (χ4v) is 4.93. The molecule has 1 rings (SSSR count). The molecule has 0 bridgehead atoms. The first-order valence-corrected chi connectivity index (χ1v) is 14.0. The molecule has 0 atom stereocenters. The van der Waals surface area contributed by atoms with E-state index in [1.165, 1.54) is 56.3 Å². The number of thioether (sulfide) groups is 1. The Morgan fingerprint density at radius 1 is 0.909 bits per heavy atom. The van der Waals surface area contributed by atoms with Gasteiger partial charge in [-0.25, -0.2) is 0 Å². The number of nitrogens with zero attached hydrogens (tertiary/aromatic N) is 1. The van der Waals surface area contributed by atoms with E-state index in [1.54, 1.807) is 0 Å². The van der Waals surface area contributed by atoms with Gasteiger partial charge in [0, 0.05) is 10.9 Å². The van der Waals surface area contributed by atoms with E-state index in [0.717, 1.165) is 46.6 Å². The molecule has 0 heterocycles. The number of halogens is 1. The average molecular weight is 543 g/mol. The maximum Gasteiger partial charge on any atom is 0.323 e. The minimum absolute atomic E-state index is 0.00256. The molecule has 7 heteroatoms. The van der Waals surface area contributed by atoms with Gasteiger partial charge in [0.05, 0.1) is 11.4 Å². The van der Waals surface area contributed by atoms with Gasteiger partial charge in [-0.15, -0.1) is 0 Å². The van der Waals surface area contributed by atoms with Crippen molar-refractivity contribution in [1.82, 2.24) is 0 Å². The van der Waals surface area contributed by atoms with Gasteiger partial charge in [-0.2, -0.15) is 0 Å². The largest absolute Gasteiger partial charge is 0.480 e. The summed E-state index contributed by atoms with van der Waals surface area (Å²) < 4.78 is 0.812.